The first-order valence-corrected chi connectivity index (χ1v) is 29.2. The summed E-state index contributed by atoms with van der Waals surface area (Å²) < 4.78 is 0. The van der Waals surface area contributed by atoms with Crippen molar-refractivity contribution >= 4 is 54.4 Å². The molecular formula is C82H54N4. The smallest absolute Gasteiger partial charge is 0.0973 e. The van der Waals surface area contributed by atoms with Crippen molar-refractivity contribution in [2.45, 2.75) is 0 Å². The monoisotopic (exact) mass is 1090 g/mol. The minimum absolute atomic E-state index is 0.870. The van der Waals surface area contributed by atoms with Crippen molar-refractivity contribution in [1.82, 2.24) is 19.9 Å². The molecule has 0 aliphatic rings. The Morgan fingerprint density at radius 1 is 0.128 bits per heavy atom. The number of hydrogen-bond donors (Lipinski definition) is 0. The molecule has 0 N–H and O–H groups in total. The van der Waals surface area contributed by atoms with Crippen molar-refractivity contribution < 1.29 is 0 Å². The molecule has 0 atom stereocenters. The molecule has 2 heterocycles. The summed E-state index contributed by atoms with van der Waals surface area (Å²) in [6.07, 6.45) is 0. The summed E-state index contributed by atoms with van der Waals surface area (Å²) in [5.74, 6) is 0. The molecular weight excluding hydrogens is 1040 g/mol. The summed E-state index contributed by atoms with van der Waals surface area (Å²) in [7, 11) is 0. The Bertz CT molecular complexity index is 5040. The first-order chi connectivity index (χ1) is 42.6. The van der Waals surface area contributed by atoms with Crippen molar-refractivity contribution in [3.63, 3.8) is 0 Å². The fraction of sp³-hybridized carbons (Fsp3) is 0. The van der Waals surface area contributed by atoms with E-state index < -0.39 is 0 Å². The van der Waals surface area contributed by atoms with Gasteiger partial charge in [-0.05, 0) is 149 Å². The van der Waals surface area contributed by atoms with E-state index in [1.54, 1.807) is 0 Å². The SMILES string of the molecule is c1ccc(-c2nc3ccc(-c4cc(-c5ccc6ccccc6c5)cc(-c5ccc6ccccc6c5)c4)cc3nc2-c2ccccc2)cc1.c1ccc(-c2nc3ccc(-c4ccc(-c5ccc6ccccc6c5)cc4)cc3nc2-c2ccccc2)cc1. The predicted molar refractivity (Wildman–Crippen MR) is 361 cm³/mol. The molecule has 16 rings (SSSR count). The maximum absolute atomic E-state index is 5.27. The molecule has 0 bridgehead atoms. The van der Waals surface area contributed by atoms with Crippen LogP contribution >= 0.6 is 0 Å². The lowest BCUT2D eigenvalue weighted by atomic mass is 9.91. The van der Waals surface area contributed by atoms with Gasteiger partial charge in [0.15, 0.2) is 0 Å². The Morgan fingerprint density at radius 3 is 0.686 bits per heavy atom. The van der Waals surface area contributed by atoms with Gasteiger partial charge in [-0.3, -0.25) is 0 Å². The standard InChI is InChI=1S/C46H30N2.C36H24N2/c1-3-13-33(14-4-1)45-46(34-15-5-2-6-16-34)48-44-30-39(23-24-43(44)47-45)42-28-40(37-21-19-31-11-7-9-17-35(31)25-37)27-41(29-42)38-22-20-32-12-8-10-18-36(32)26-38;1-3-10-28(11-4-1)35-36(29-12-5-2-6-13-29)38-34-24-32(21-22-33(34)37-35)27-17-15-26(16-18-27)31-20-19-25-9-7-8-14-30(25)23-31/h1-30H;1-24H. The van der Waals surface area contributed by atoms with E-state index in [2.05, 4.69) is 279 Å². The number of benzene rings is 14. The Morgan fingerprint density at radius 2 is 0.360 bits per heavy atom. The van der Waals surface area contributed by atoms with Gasteiger partial charge in [-0.15, -0.1) is 0 Å². The van der Waals surface area contributed by atoms with E-state index in [0.29, 0.717) is 0 Å². The molecule has 0 amide bonds. The topological polar surface area (TPSA) is 51.6 Å². The molecule has 0 radical (unpaired) electrons. The molecule has 0 aliphatic heterocycles. The molecule has 4 nitrogen and oxygen atoms in total. The zero-order valence-corrected chi connectivity index (χ0v) is 47.0. The van der Waals surface area contributed by atoms with Gasteiger partial charge in [0.05, 0.1) is 44.8 Å². The Kier molecular flexibility index (Phi) is 13.6. The third-order valence-electron chi connectivity index (χ3n) is 16.3. The third-order valence-corrected chi connectivity index (χ3v) is 16.3. The van der Waals surface area contributed by atoms with Crippen molar-refractivity contribution in [2.24, 2.45) is 0 Å². The molecule has 0 saturated heterocycles. The molecule has 2 aromatic heterocycles. The van der Waals surface area contributed by atoms with Crippen LogP contribution in [0.1, 0.15) is 0 Å². The van der Waals surface area contributed by atoms with E-state index in [4.69, 9.17) is 19.9 Å². The molecule has 14 aromatic carbocycles. The maximum atomic E-state index is 5.27. The highest BCUT2D eigenvalue weighted by Gasteiger charge is 2.17. The molecule has 0 unspecified atom stereocenters. The van der Waals surface area contributed by atoms with Gasteiger partial charge in [-0.1, -0.05) is 267 Å². The van der Waals surface area contributed by atoms with Gasteiger partial charge in [-0.2, -0.15) is 0 Å². The Hall–Kier alpha value is -11.5. The number of fused-ring (bicyclic) bond motifs is 5. The molecule has 0 fully saturated rings. The van der Waals surface area contributed by atoms with Crippen LogP contribution in [0.25, 0.3) is 155 Å². The van der Waals surface area contributed by atoms with Crippen LogP contribution in [-0.2, 0) is 0 Å². The van der Waals surface area contributed by atoms with E-state index in [1.807, 2.05) is 48.5 Å². The second kappa shape index (κ2) is 22.7. The van der Waals surface area contributed by atoms with E-state index in [9.17, 15) is 0 Å². The average molecular weight is 1100 g/mol. The van der Waals surface area contributed by atoms with Gasteiger partial charge in [0.2, 0.25) is 0 Å². The molecule has 16 aromatic rings. The van der Waals surface area contributed by atoms with Crippen LogP contribution in [0.4, 0.5) is 0 Å². The van der Waals surface area contributed by atoms with Crippen LogP contribution in [0.3, 0.4) is 0 Å². The molecule has 0 saturated carbocycles. The van der Waals surface area contributed by atoms with Gasteiger partial charge in [-0.25, -0.2) is 19.9 Å². The molecule has 4 heteroatoms. The van der Waals surface area contributed by atoms with Gasteiger partial charge in [0.1, 0.15) is 0 Å². The fourth-order valence-electron chi connectivity index (χ4n) is 11.7. The molecule has 86 heavy (non-hydrogen) atoms. The minimum atomic E-state index is 0.870. The average Bonchev–Trinajstić information content (AvgIpc) is 2.20. The first-order valence-electron chi connectivity index (χ1n) is 29.2. The highest BCUT2D eigenvalue weighted by atomic mass is 14.8. The van der Waals surface area contributed by atoms with Gasteiger partial charge >= 0.3 is 0 Å². The summed E-state index contributed by atoms with van der Waals surface area (Å²) in [5, 5.41) is 7.46. The zero-order valence-electron chi connectivity index (χ0n) is 47.0. The number of rotatable bonds is 9. The number of hydrogen-bond acceptors (Lipinski definition) is 4. The van der Waals surface area contributed by atoms with Crippen molar-refractivity contribution in [1.29, 1.82) is 0 Å². The van der Waals surface area contributed by atoms with Crippen LogP contribution < -0.4 is 0 Å². The van der Waals surface area contributed by atoms with Crippen molar-refractivity contribution in [3.8, 4) is 101 Å². The predicted octanol–water partition coefficient (Wildman–Crippen LogP) is 21.7. The summed E-state index contributed by atoms with van der Waals surface area (Å²) in [6, 6.07) is 116. The lowest BCUT2D eigenvalue weighted by molar-refractivity contribution is 1.29. The van der Waals surface area contributed by atoms with Crippen LogP contribution in [0.2, 0.25) is 0 Å². The quantitative estimate of drug-likeness (QED) is 0.145. The Labute approximate surface area is 499 Å². The van der Waals surface area contributed by atoms with E-state index in [-0.39, 0.29) is 0 Å². The first kappa shape index (κ1) is 51.4. The van der Waals surface area contributed by atoms with Gasteiger partial charge < -0.3 is 0 Å². The second-order valence-corrected chi connectivity index (χ2v) is 21.8. The highest BCUT2D eigenvalue weighted by molar-refractivity contribution is 5.95. The van der Waals surface area contributed by atoms with Crippen LogP contribution in [0, 0.1) is 0 Å². The summed E-state index contributed by atoms with van der Waals surface area (Å²) in [4.78, 5) is 20.7. The Balaban J connectivity index is 0.000000149. The molecule has 402 valence electrons. The molecule has 0 spiro atoms. The lowest BCUT2D eigenvalue weighted by Gasteiger charge is -2.14. The summed E-state index contributed by atoms with van der Waals surface area (Å²) in [6.45, 7) is 0. The summed E-state index contributed by atoms with van der Waals surface area (Å²) in [5.41, 5.74) is 23.0. The van der Waals surface area contributed by atoms with Gasteiger partial charge in [0, 0.05) is 22.3 Å². The lowest BCUT2D eigenvalue weighted by Crippen LogP contribution is -1.96. The van der Waals surface area contributed by atoms with Crippen LogP contribution in [0.5, 0.6) is 0 Å². The fourth-order valence-corrected chi connectivity index (χ4v) is 11.7. The molecule has 0 aliphatic carbocycles. The highest BCUT2D eigenvalue weighted by Crippen LogP contribution is 2.39. The second-order valence-electron chi connectivity index (χ2n) is 21.8. The third kappa shape index (κ3) is 10.4. The number of aromatic nitrogens is 4. The van der Waals surface area contributed by atoms with E-state index >= 15 is 0 Å². The van der Waals surface area contributed by atoms with E-state index in [0.717, 1.165) is 89.4 Å². The van der Waals surface area contributed by atoms with Crippen molar-refractivity contribution in [3.05, 3.63) is 328 Å². The zero-order chi connectivity index (χ0) is 57.2. The van der Waals surface area contributed by atoms with Crippen LogP contribution in [-0.4, -0.2) is 19.9 Å². The number of nitrogens with zero attached hydrogens (tertiary/aromatic N) is 4. The summed E-state index contributed by atoms with van der Waals surface area (Å²) >= 11 is 0. The normalized spacial score (nSPS) is 11.3. The van der Waals surface area contributed by atoms with Crippen molar-refractivity contribution in [2.75, 3.05) is 0 Å². The van der Waals surface area contributed by atoms with Crippen LogP contribution in [0.15, 0.2) is 328 Å². The van der Waals surface area contributed by atoms with E-state index in [1.165, 1.54) is 65.7 Å². The minimum Gasteiger partial charge on any atom is -0.244 e. The maximum Gasteiger partial charge on any atom is 0.0973 e. The van der Waals surface area contributed by atoms with Gasteiger partial charge in [0.25, 0.3) is 0 Å². The largest absolute Gasteiger partial charge is 0.244 e.